The molecule has 6 heavy (non-hydrogen) atoms. The Hall–Kier alpha value is 0.470. The Morgan fingerprint density at radius 2 is 2.33 bits per heavy atom. The highest BCUT2D eigenvalue weighted by Crippen LogP contribution is 2.07. The molecule has 0 rings (SSSR count). The number of allylic oxidation sites excluding steroid dienone is 1. The Bertz CT molecular complexity index is 47.9. The zero-order chi connectivity index (χ0) is 4.99. The molecule has 0 fully saturated rings. The molecular formula is C5H8I. The predicted octanol–water partition coefficient (Wildman–Crippen LogP) is 2.54. The highest BCUT2D eigenvalue weighted by molar-refractivity contribution is 14.1. The summed E-state index contributed by atoms with van der Waals surface area (Å²) in [5.41, 5.74) is 0. The maximum Gasteiger partial charge on any atom is -0.00939 e. The summed E-state index contributed by atoms with van der Waals surface area (Å²) in [4.78, 5) is 0. The van der Waals surface area contributed by atoms with Gasteiger partial charge in [-0.05, 0) is 32.6 Å². The van der Waals surface area contributed by atoms with E-state index in [1.54, 1.807) is 0 Å². The van der Waals surface area contributed by atoms with Gasteiger partial charge in [-0.3, -0.25) is 0 Å². The normalized spacial score (nSPS) is 8.33. The van der Waals surface area contributed by atoms with Gasteiger partial charge in [0.15, 0.2) is 0 Å². The lowest BCUT2D eigenvalue weighted by Gasteiger charge is -1.84. The average Bonchev–Trinajstić information content (AvgIpc) is 1.35. The minimum Gasteiger partial charge on any atom is -0.0650 e. The number of hydrogen-bond donors (Lipinski definition) is 0. The van der Waals surface area contributed by atoms with Crippen molar-refractivity contribution in [1.82, 2.24) is 0 Å². The fraction of sp³-hybridized carbons (Fsp3) is 0.600. The molecule has 0 nitrogen and oxygen atoms in total. The molecule has 0 aromatic rings. The van der Waals surface area contributed by atoms with Crippen molar-refractivity contribution in [2.75, 3.05) is 0 Å². The van der Waals surface area contributed by atoms with Crippen LogP contribution in [-0.2, 0) is 0 Å². The van der Waals surface area contributed by atoms with Crippen LogP contribution in [0.3, 0.4) is 0 Å². The van der Waals surface area contributed by atoms with Crippen LogP contribution in [-0.4, -0.2) is 0 Å². The van der Waals surface area contributed by atoms with Gasteiger partial charge in [-0.25, -0.2) is 0 Å². The fourth-order valence-electron chi connectivity index (χ4n) is 0.239. The van der Waals surface area contributed by atoms with Crippen LogP contribution in [0.2, 0.25) is 0 Å². The van der Waals surface area contributed by atoms with Crippen molar-refractivity contribution in [3.63, 3.8) is 0 Å². The van der Waals surface area contributed by atoms with Gasteiger partial charge in [-0.15, -0.1) is 0 Å². The third kappa shape index (κ3) is 4.47. The molecule has 0 unspecified atom stereocenters. The van der Waals surface area contributed by atoms with Crippen LogP contribution in [0, 0.1) is 6.58 Å². The number of halogens is 1. The van der Waals surface area contributed by atoms with Crippen molar-refractivity contribution in [3.8, 4) is 0 Å². The molecule has 0 spiro atoms. The van der Waals surface area contributed by atoms with Gasteiger partial charge < -0.3 is 0 Å². The minimum absolute atomic E-state index is 1.01. The van der Waals surface area contributed by atoms with E-state index in [0.29, 0.717) is 0 Å². The fourth-order valence-corrected chi connectivity index (χ4v) is 0.778. The summed E-state index contributed by atoms with van der Waals surface area (Å²) >= 11 is 2.14. The van der Waals surface area contributed by atoms with E-state index in [4.69, 9.17) is 6.58 Å². The van der Waals surface area contributed by atoms with Gasteiger partial charge in [0.05, 0.1) is 0 Å². The van der Waals surface area contributed by atoms with E-state index in [1.165, 1.54) is 0 Å². The zero-order valence-electron chi connectivity index (χ0n) is 3.87. The monoisotopic (exact) mass is 195 g/mol. The minimum atomic E-state index is 1.01. The van der Waals surface area contributed by atoms with Crippen LogP contribution in [0.5, 0.6) is 0 Å². The smallest absolute Gasteiger partial charge is 0.00939 e. The molecular weight excluding hydrogens is 187 g/mol. The first-order valence-electron chi connectivity index (χ1n) is 2.04. The highest BCUT2D eigenvalue weighted by atomic mass is 127. The first kappa shape index (κ1) is 6.47. The summed E-state index contributed by atoms with van der Waals surface area (Å²) in [6, 6.07) is 0. The van der Waals surface area contributed by atoms with Crippen molar-refractivity contribution < 1.29 is 0 Å². The third-order valence-corrected chi connectivity index (χ3v) is 1.03. The second kappa shape index (κ2) is 3.65. The molecule has 0 aliphatic rings. The lowest BCUT2D eigenvalue weighted by atomic mass is 10.3. The Kier molecular flexibility index (Phi) is 3.94. The SMILES string of the molecule is [CH]=C(I)CCC. The van der Waals surface area contributed by atoms with Gasteiger partial charge in [0, 0.05) is 0 Å². The molecule has 0 aromatic heterocycles. The van der Waals surface area contributed by atoms with E-state index < -0.39 is 0 Å². The molecule has 0 saturated carbocycles. The lowest BCUT2D eigenvalue weighted by Crippen LogP contribution is -1.62. The van der Waals surface area contributed by atoms with Crippen LogP contribution >= 0.6 is 22.6 Å². The van der Waals surface area contributed by atoms with Crippen LogP contribution < -0.4 is 0 Å². The van der Waals surface area contributed by atoms with E-state index in [1.807, 2.05) is 0 Å². The lowest BCUT2D eigenvalue weighted by molar-refractivity contribution is 0.955. The van der Waals surface area contributed by atoms with Gasteiger partial charge in [0.2, 0.25) is 0 Å². The number of hydrogen-bond acceptors (Lipinski definition) is 0. The molecule has 0 atom stereocenters. The molecule has 0 aliphatic carbocycles. The molecule has 0 N–H and O–H groups in total. The van der Waals surface area contributed by atoms with Crippen molar-refractivity contribution in [3.05, 3.63) is 10.2 Å². The summed E-state index contributed by atoms with van der Waals surface area (Å²) in [5.74, 6) is 0. The van der Waals surface area contributed by atoms with E-state index in [-0.39, 0.29) is 0 Å². The van der Waals surface area contributed by atoms with Crippen molar-refractivity contribution >= 4 is 22.6 Å². The Balaban J connectivity index is 2.83. The van der Waals surface area contributed by atoms with E-state index in [9.17, 15) is 0 Å². The summed E-state index contributed by atoms with van der Waals surface area (Å²) in [6.45, 7) is 7.42. The Morgan fingerprint density at radius 1 is 1.83 bits per heavy atom. The second-order valence-electron chi connectivity index (χ2n) is 1.20. The van der Waals surface area contributed by atoms with E-state index >= 15 is 0 Å². The first-order valence-corrected chi connectivity index (χ1v) is 3.12. The van der Waals surface area contributed by atoms with Crippen molar-refractivity contribution in [1.29, 1.82) is 0 Å². The number of rotatable bonds is 2. The van der Waals surface area contributed by atoms with Crippen molar-refractivity contribution in [2.24, 2.45) is 0 Å². The quantitative estimate of drug-likeness (QED) is 0.594. The standard InChI is InChI=1S/C5H8I/c1-3-4-5(2)6/h2H,3-4H2,1H3. The molecule has 0 aromatic carbocycles. The largest absolute Gasteiger partial charge is 0.0650 e. The van der Waals surface area contributed by atoms with E-state index in [0.717, 1.165) is 16.4 Å². The highest BCUT2D eigenvalue weighted by Gasteiger charge is 1.78. The molecule has 0 amide bonds. The van der Waals surface area contributed by atoms with Crippen LogP contribution in [0.4, 0.5) is 0 Å². The zero-order valence-corrected chi connectivity index (χ0v) is 6.03. The van der Waals surface area contributed by atoms with Gasteiger partial charge in [0.1, 0.15) is 0 Å². The van der Waals surface area contributed by atoms with Crippen LogP contribution in [0.1, 0.15) is 19.8 Å². The molecule has 1 radical (unpaired) electrons. The third-order valence-electron chi connectivity index (χ3n) is 0.489. The Labute approximate surface area is 52.8 Å². The van der Waals surface area contributed by atoms with Crippen molar-refractivity contribution in [2.45, 2.75) is 19.8 Å². The van der Waals surface area contributed by atoms with Gasteiger partial charge in [-0.2, -0.15) is 0 Å². The summed E-state index contributed by atoms with van der Waals surface area (Å²) < 4.78 is 1.01. The molecule has 0 aliphatic heterocycles. The summed E-state index contributed by atoms with van der Waals surface area (Å²) in [7, 11) is 0. The molecule has 35 valence electrons. The van der Waals surface area contributed by atoms with Crippen LogP contribution in [0.15, 0.2) is 3.58 Å². The van der Waals surface area contributed by atoms with Crippen LogP contribution in [0.25, 0.3) is 0 Å². The molecule has 0 bridgehead atoms. The second-order valence-corrected chi connectivity index (χ2v) is 2.58. The van der Waals surface area contributed by atoms with Gasteiger partial charge in [-0.1, -0.05) is 19.9 Å². The Morgan fingerprint density at radius 3 is 2.33 bits per heavy atom. The predicted molar refractivity (Wildman–Crippen MR) is 36.7 cm³/mol. The summed E-state index contributed by atoms with van der Waals surface area (Å²) in [6.07, 6.45) is 2.22. The maximum atomic E-state index is 5.31. The topological polar surface area (TPSA) is 0 Å². The first-order chi connectivity index (χ1) is 2.77. The summed E-state index contributed by atoms with van der Waals surface area (Å²) in [5, 5.41) is 0. The van der Waals surface area contributed by atoms with Gasteiger partial charge in [0.25, 0.3) is 0 Å². The molecule has 0 heterocycles. The maximum absolute atomic E-state index is 5.31. The average molecular weight is 195 g/mol. The van der Waals surface area contributed by atoms with Gasteiger partial charge >= 0.3 is 0 Å². The molecule has 1 heteroatoms. The van der Waals surface area contributed by atoms with E-state index in [2.05, 4.69) is 29.5 Å². The molecule has 0 saturated heterocycles.